The van der Waals surface area contributed by atoms with Crippen molar-refractivity contribution in [2.45, 2.75) is 25.1 Å². The van der Waals surface area contributed by atoms with E-state index in [0.717, 1.165) is 11.1 Å². The Labute approximate surface area is 205 Å². The summed E-state index contributed by atoms with van der Waals surface area (Å²) in [5.74, 6) is 0.373. The van der Waals surface area contributed by atoms with Gasteiger partial charge in [0.1, 0.15) is 0 Å². The number of methoxy groups -OCH3 is 1. The number of hydrazone groups is 1. The Kier molecular flexibility index (Phi) is 7.66. The van der Waals surface area contributed by atoms with Crippen LogP contribution in [0.4, 0.5) is 14.9 Å². The number of carbonyl (C=O) groups excluding carboxylic acids is 2. The normalized spacial score (nSPS) is 15.5. The van der Waals surface area contributed by atoms with Gasteiger partial charge in [-0.05, 0) is 42.3 Å². The zero-order valence-corrected chi connectivity index (χ0v) is 19.9. The van der Waals surface area contributed by atoms with Crippen molar-refractivity contribution in [1.29, 1.82) is 0 Å². The van der Waals surface area contributed by atoms with Gasteiger partial charge in [-0.25, -0.2) is 9.40 Å². The van der Waals surface area contributed by atoms with E-state index in [2.05, 4.69) is 15.6 Å². The summed E-state index contributed by atoms with van der Waals surface area (Å²) in [6.07, 6.45) is 2.08. The van der Waals surface area contributed by atoms with Crippen LogP contribution in [-0.2, 0) is 6.54 Å². The van der Waals surface area contributed by atoms with Gasteiger partial charge in [-0.2, -0.15) is 5.10 Å². The van der Waals surface area contributed by atoms with E-state index in [-0.39, 0.29) is 28.5 Å². The minimum Gasteiger partial charge on any atom is -0.493 e. The Bertz CT molecular complexity index is 1220. The number of benzene rings is 2. The van der Waals surface area contributed by atoms with Crippen LogP contribution in [0.1, 0.15) is 35.0 Å². The molecule has 1 aliphatic rings. The Morgan fingerprint density at radius 1 is 1.20 bits per heavy atom. The molecule has 3 aromatic rings. The van der Waals surface area contributed by atoms with Gasteiger partial charge >= 0.3 is 5.24 Å². The predicted molar refractivity (Wildman–Crippen MR) is 130 cm³/mol. The lowest BCUT2D eigenvalue weighted by molar-refractivity contribution is 0.0988. The van der Waals surface area contributed by atoms with E-state index < -0.39 is 12.8 Å². The number of alkyl halides is 1. The van der Waals surface area contributed by atoms with Crippen molar-refractivity contribution >= 4 is 34.3 Å². The number of hydrogen-bond donors (Lipinski definition) is 1. The first-order valence-corrected chi connectivity index (χ1v) is 11.6. The van der Waals surface area contributed by atoms with Crippen LogP contribution in [0, 0.1) is 0 Å². The Hall–Kier alpha value is -3.86. The molecule has 182 valence electrons. The van der Waals surface area contributed by atoms with E-state index in [1.54, 1.807) is 36.4 Å². The highest BCUT2D eigenvalue weighted by atomic mass is 32.2. The largest absolute Gasteiger partial charge is 0.493 e. The average molecular weight is 499 g/mol. The molecule has 0 radical (unpaired) electrons. The van der Waals surface area contributed by atoms with Crippen LogP contribution in [0.3, 0.4) is 0 Å². The molecule has 35 heavy (non-hydrogen) atoms. The Morgan fingerprint density at radius 2 is 2.00 bits per heavy atom. The molecule has 0 saturated heterocycles. The van der Waals surface area contributed by atoms with E-state index >= 15 is 0 Å². The fourth-order valence-corrected chi connectivity index (χ4v) is 4.43. The van der Waals surface area contributed by atoms with Gasteiger partial charge in [0.2, 0.25) is 12.6 Å². The summed E-state index contributed by atoms with van der Waals surface area (Å²) in [6, 6.07) is 13.7. The summed E-state index contributed by atoms with van der Waals surface area (Å²) in [5.41, 5.74) is 2.81. The summed E-state index contributed by atoms with van der Waals surface area (Å²) in [6.45, 7) is 1.23. The maximum atomic E-state index is 12.8. The maximum absolute atomic E-state index is 12.8. The van der Waals surface area contributed by atoms with Crippen LogP contribution >= 0.6 is 11.8 Å². The average Bonchev–Trinajstić information content (AvgIpc) is 3.42. The number of rotatable bonds is 9. The SMILES string of the molecule is CCC1SC(=O)N(Cc2ccc(NC(=O)c3ccno3)cc2)N=C1c1ccc(OC)c(OCF)c1. The monoisotopic (exact) mass is 498 g/mol. The number of hydrogen-bond acceptors (Lipinski definition) is 8. The number of aromatic nitrogens is 1. The molecule has 1 atom stereocenters. The highest BCUT2D eigenvalue weighted by Gasteiger charge is 2.30. The van der Waals surface area contributed by atoms with Gasteiger partial charge in [0.15, 0.2) is 11.5 Å². The summed E-state index contributed by atoms with van der Waals surface area (Å²) < 4.78 is 28.0. The molecule has 1 aromatic heterocycles. The number of nitrogens with one attached hydrogen (secondary N) is 1. The minimum absolute atomic E-state index is 0.107. The Balaban J connectivity index is 1.53. The van der Waals surface area contributed by atoms with Gasteiger partial charge in [0, 0.05) is 17.3 Å². The molecule has 1 aliphatic heterocycles. The van der Waals surface area contributed by atoms with Crippen molar-refractivity contribution in [3.8, 4) is 11.5 Å². The second kappa shape index (κ2) is 11.0. The molecule has 1 unspecified atom stereocenters. The van der Waals surface area contributed by atoms with Gasteiger partial charge in [-0.15, -0.1) is 0 Å². The van der Waals surface area contributed by atoms with Crippen molar-refractivity contribution in [3.63, 3.8) is 0 Å². The molecule has 2 heterocycles. The number of carbonyl (C=O) groups is 2. The maximum Gasteiger partial charge on any atom is 0.302 e. The molecular weight excluding hydrogens is 475 g/mol. The molecule has 1 N–H and O–H groups in total. The fraction of sp³-hybridized carbons (Fsp3) is 0.250. The molecule has 2 amide bonds. The summed E-state index contributed by atoms with van der Waals surface area (Å²) in [7, 11) is 1.48. The van der Waals surface area contributed by atoms with Crippen molar-refractivity contribution in [2.24, 2.45) is 5.10 Å². The van der Waals surface area contributed by atoms with Crippen LogP contribution in [0.2, 0.25) is 0 Å². The number of thioether (sulfide) groups is 1. The first-order valence-electron chi connectivity index (χ1n) is 10.8. The zero-order valence-electron chi connectivity index (χ0n) is 19.1. The zero-order chi connectivity index (χ0) is 24.8. The highest BCUT2D eigenvalue weighted by Crippen LogP contribution is 2.34. The highest BCUT2D eigenvalue weighted by molar-refractivity contribution is 8.14. The lowest BCUT2D eigenvalue weighted by Gasteiger charge is -2.28. The standard InChI is InChI=1S/C24H23FN4O5S/c1-3-21-22(16-6-9-18(32-2)20(12-16)33-14-25)28-29(24(31)35-21)13-15-4-7-17(8-5-15)27-23(30)19-10-11-26-34-19/h4-12,21H,3,13-14H2,1-2H3,(H,27,30). The molecule has 0 bridgehead atoms. The van der Waals surface area contributed by atoms with E-state index in [9.17, 15) is 14.0 Å². The number of anilines is 1. The van der Waals surface area contributed by atoms with Crippen LogP contribution in [-0.4, -0.2) is 46.2 Å². The van der Waals surface area contributed by atoms with E-state index in [1.165, 1.54) is 36.1 Å². The van der Waals surface area contributed by atoms with E-state index in [4.69, 9.17) is 14.0 Å². The van der Waals surface area contributed by atoms with Gasteiger partial charge in [0.05, 0.1) is 30.8 Å². The molecule has 11 heteroatoms. The second-order valence-electron chi connectivity index (χ2n) is 7.47. The van der Waals surface area contributed by atoms with E-state index in [0.29, 0.717) is 23.6 Å². The van der Waals surface area contributed by atoms with Crippen LogP contribution in [0.25, 0.3) is 0 Å². The van der Waals surface area contributed by atoms with Crippen molar-refractivity contribution in [3.05, 3.63) is 71.6 Å². The van der Waals surface area contributed by atoms with Gasteiger partial charge in [0.25, 0.3) is 5.91 Å². The van der Waals surface area contributed by atoms with Gasteiger partial charge < -0.3 is 19.3 Å². The van der Waals surface area contributed by atoms with Crippen LogP contribution < -0.4 is 14.8 Å². The third-order valence-corrected chi connectivity index (χ3v) is 6.49. The number of amides is 2. The second-order valence-corrected chi connectivity index (χ2v) is 8.62. The number of ether oxygens (including phenoxy) is 2. The summed E-state index contributed by atoms with van der Waals surface area (Å²) in [5, 5.41) is 11.9. The summed E-state index contributed by atoms with van der Waals surface area (Å²) in [4.78, 5) is 24.9. The lowest BCUT2D eigenvalue weighted by Crippen LogP contribution is -2.34. The molecule has 2 aromatic carbocycles. The third-order valence-electron chi connectivity index (χ3n) is 5.23. The van der Waals surface area contributed by atoms with Crippen molar-refractivity contribution in [2.75, 3.05) is 19.3 Å². The molecular formula is C24H23FN4O5S. The van der Waals surface area contributed by atoms with Crippen molar-refractivity contribution < 1.29 is 28.0 Å². The number of halogens is 1. The molecule has 0 aliphatic carbocycles. The number of nitrogens with zero attached hydrogens (tertiary/aromatic N) is 3. The van der Waals surface area contributed by atoms with Crippen molar-refractivity contribution in [1.82, 2.24) is 10.2 Å². The lowest BCUT2D eigenvalue weighted by atomic mass is 10.0. The smallest absolute Gasteiger partial charge is 0.302 e. The first-order chi connectivity index (χ1) is 17.0. The topological polar surface area (TPSA) is 106 Å². The van der Waals surface area contributed by atoms with Gasteiger partial charge in [-0.3, -0.25) is 9.59 Å². The Morgan fingerprint density at radius 3 is 2.66 bits per heavy atom. The molecule has 4 rings (SSSR count). The minimum atomic E-state index is -0.988. The van der Waals surface area contributed by atoms with Crippen LogP contribution in [0.5, 0.6) is 11.5 Å². The van der Waals surface area contributed by atoms with Crippen LogP contribution in [0.15, 0.2) is 64.4 Å². The quantitative estimate of drug-likeness (QED) is 0.438. The first kappa shape index (κ1) is 24.3. The predicted octanol–water partition coefficient (Wildman–Crippen LogP) is 5.09. The summed E-state index contributed by atoms with van der Waals surface area (Å²) >= 11 is 1.19. The molecule has 0 spiro atoms. The molecule has 9 nitrogen and oxygen atoms in total. The fourth-order valence-electron chi connectivity index (χ4n) is 3.49. The molecule has 0 fully saturated rings. The van der Waals surface area contributed by atoms with E-state index in [1.807, 2.05) is 13.0 Å². The molecule has 0 saturated carbocycles. The third kappa shape index (κ3) is 5.62. The van der Waals surface area contributed by atoms with Gasteiger partial charge in [-0.1, -0.05) is 36.0 Å².